The van der Waals surface area contributed by atoms with Crippen molar-refractivity contribution >= 4 is 29.0 Å². The zero-order chi connectivity index (χ0) is 20.6. The van der Waals surface area contributed by atoms with Gasteiger partial charge in [-0.15, -0.1) is 0 Å². The maximum absolute atomic E-state index is 12.0. The number of aryl methyl sites for hydroxylation is 1. The summed E-state index contributed by atoms with van der Waals surface area (Å²) in [4.78, 5) is 12.0. The van der Waals surface area contributed by atoms with Gasteiger partial charge in [0.2, 0.25) is 0 Å². The Morgan fingerprint density at radius 1 is 1.00 bits per heavy atom. The van der Waals surface area contributed by atoms with Crippen molar-refractivity contribution in [3.8, 4) is 0 Å². The second-order valence-corrected chi connectivity index (χ2v) is 7.01. The molecule has 0 saturated heterocycles. The van der Waals surface area contributed by atoms with Crippen molar-refractivity contribution in [3.05, 3.63) is 101 Å². The van der Waals surface area contributed by atoms with Crippen molar-refractivity contribution in [1.29, 1.82) is 0 Å². The van der Waals surface area contributed by atoms with Crippen molar-refractivity contribution in [2.45, 2.75) is 19.9 Å². The molecule has 0 fully saturated rings. The van der Waals surface area contributed by atoms with E-state index in [1.807, 2.05) is 36.4 Å². The van der Waals surface area contributed by atoms with Gasteiger partial charge in [-0.2, -0.15) is 0 Å². The molecule has 0 aliphatic carbocycles. The van der Waals surface area contributed by atoms with Crippen LogP contribution in [0.5, 0.6) is 0 Å². The summed E-state index contributed by atoms with van der Waals surface area (Å²) >= 11 is 5.58. The van der Waals surface area contributed by atoms with E-state index in [4.69, 9.17) is 17.0 Å². The van der Waals surface area contributed by atoms with Gasteiger partial charge in [0.25, 0.3) is 0 Å². The molecule has 148 valence electrons. The van der Waals surface area contributed by atoms with Crippen LogP contribution in [0.3, 0.4) is 0 Å². The Balaban J connectivity index is 1.80. The minimum Gasteiger partial charge on any atom is -0.462 e. The SMILES string of the molecule is CCOC(=O)c1cccc(NC(=S)N[C@@H](c2ccccc2)c2ccccc2C)c1. The molecule has 0 saturated carbocycles. The first-order chi connectivity index (χ1) is 14.1. The van der Waals surface area contributed by atoms with E-state index in [-0.39, 0.29) is 12.0 Å². The summed E-state index contributed by atoms with van der Waals surface area (Å²) in [6, 6.07) is 25.5. The fourth-order valence-corrected chi connectivity index (χ4v) is 3.37. The third-order valence-corrected chi connectivity index (χ3v) is 4.76. The van der Waals surface area contributed by atoms with E-state index in [1.54, 1.807) is 25.1 Å². The highest BCUT2D eigenvalue weighted by Crippen LogP contribution is 2.25. The van der Waals surface area contributed by atoms with E-state index in [1.165, 1.54) is 5.56 Å². The number of nitrogens with one attached hydrogen (secondary N) is 2. The average Bonchev–Trinajstić information content (AvgIpc) is 2.74. The van der Waals surface area contributed by atoms with Crippen LogP contribution in [0.2, 0.25) is 0 Å². The number of esters is 1. The van der Waals surface area contributed by atoms with Crippen LogP contribution in [0.15, 0.2) is 78.9 Å². The molecule has 0 amide bonds. The number of rotatable bonds is 6. The van der Waals surface area contributed by atoms with Gasteiger partial charge in [-0.05, 0) is 61.0 Å². The molecule has 0 heterocycles. The van der Waals surface area contributed by atoms with Gasteiger partial charge in [0.05, 0.1) is 18.2 Å². The van der Waals surface area contributed by atoms with Gasteiger partial charge < -0.3 is 15.4 Å². The second-order valence-electron chi connectivity index (χ2n) is 6.60. The first kappa shape index (κ1) is 20.6. The summed E-state index contributed by atoms with van der Waals surface area (Å²) < 4.78 is 5.07. The van der Waals surface area contributed by atoms with Gasteiger partial charge in [0.15, 0.2) is 5.11 Å². The van der Waals surface area contributed by atoms with Gasteiger partial charge in [0, 0.05) is 5.69 Å². The monoisotopic (exact) mass is 404 g/mol. The predicted octanol–water partition coefficient (Wildman–Crippen LogP) is 5.25. The smallest absolute Gasteiger partial charge is 0.338 e. The quantitative estimate of drug-likeness (QED) is 0.434. The molecule has 0 bridgehead atoms. The predicted molar refractivity (Wildman–Crippen MR) is 121 cm³/mol. The van der Waals surface area contributed by atoms with Crippen LogP contribution in [-0.4, -0.2) is 17.7 Å². The minimum absolute atomic E-state index is 0.0920. The van der Waals surface area contributed by atoms with Gasteiger partial charge in [-0.1, -0.05) is 60.7 Å². The molecule has 5 heteroatoms. The largest absolute Gasteiger partial charge is 0.462 e. The summed E-state index contributed by atoms with van der Waals surface area (Å²) in [5.74, 6) is -0.350. The molecule has 29 heavy (non-hydrogen) atoms. The highest BCUT2D eigenvalue weighted by molar-refractivity contribution is 7.80. The number of anilines is 1. The first-order valence-corrected chi connectivity index (χ1v) is 9.94. The van der Waals surface area contributed by atoms with Crippen molar-refractivity contribution in [1.82, 2.24) is 5.32 Å². The van der Waals surface area contributed by atoms with E-state index in [0.717, 1.165) is 16.8 Å². The van der Waals surface area contributed by atoms with Gasteiger partial charge in [-0.25, -0.2) is 4.79 Å². The lowest BCUT2D eigenvalue weighted by Crippen LogP contribution is -2.33. The molecule has 0 radical (unpaired) electrons. The molecule has 0 spiro atoms. The molecule has 0 aliphatic rings. The Hall–Kier alpha value is -3.18. The maximum Gasteiger partial charge on any atom is 0.338 e. The van der Waals surface area contributed by atoms with Gasteiger partial charge in [-0.3, -0.25) is 0 Å². The lowest BCUT2D eigenvalue weighted by atomic mass is 9.95. The Morgan fingerprint density at radius 3 is 2.45 bits per heavy atom. The van der Waals surface area contributed by atoms with Gasteiger partial charge >= 0.3 is 5.97 Å². The number of ether oxygens (including phenoxy) is 1. The van der Waals surface area contributed by atoms with E-state index < -0.39 is 0 Å². The minimum atomic E-state index is -0.350. The lowest BCUT2D eigenvalue weighted by Gasteiger charge is -2.23. The Morgan fingerprint density at radius 2 is 1.72 bits per heavy atom. The molecule has 3 rings (SSSR count). The number of hydrogen-bond acceptors (Lipinski definition) is 3. The zero-order valence-corrected chi connectivity index (χ0v) is 17.3. The molecule has 2 N–H and O–H groups in total. The molecule has 3 aromatic rings. The van der Waals surface area contributed by atoms with Crippen LogP contribution in [0.1, 0.15) is 40.0 Å². The number of thiocarbonyl (C=S) groups is 1. The molecular weight excluding hydrogens is 380 g/mol. The first-order valence-electron chi connectivity index (χ1n) is 9.53. The van der Waals surface area contributed by atoms with Crippen molar-refractivity contribution in [2.24, 2.45) is 0 Å². The topological polar surface area (TPSA) is 50.4 Å². The third-order valence-electron chi connectivity index (χ3n) is 4.54. The van der Waals surface area contributed by atoms with Crippen LogP contribution < -0.4 is 10.6 Å². The van der Waals surface area contributed by atoms with Crippen molar-refractivity contribution in [3.63, 3.8) is 0 Å². The molecule has 4 nitrogen and oxygen atoms in total. The van der Waals surface area contributed by atoms with Gasteiger partial charge in [0.1, 0.15) is 0 Å². The molecule has 1 atom stereocenters. The van der Waals surface area contributed by atoms with Crippen LogP contribution in [0.25, 0.3) is 0 Å². The van der Waals surface area contributed by atoms with Crippen LogP contribution in [-0.2, 0) is 4.74 Å². The summed E-state index contributed by atoms with van der Waals surface area (Å²) in [5.41, 5.74) is 4.66. The Bertz CT molecular complexity index is 989. The Labute approximate surface area is 176 Å². The van der Waals surface area contributed by atoms with Crippen LogP contribution >= 0.6 is 12.2 Å². The summed E-state index contributed by atoms with van der Waals surface area (Å²) in [5, 5.41) is 7.07. The second kappa shape index (κ2) is 9.85. The number of benzene rings is 3. The molecule has 0 unspecified atom stereocenters. The zero-order valence-electron chi connectivity index (χ0n) is 16.5. The molecule has 0 aliphatic heterocycles. The normalized spacial score (nSPS) is 11.4. The number of carbonyl (C=O) groups is 1. The van der Waals surface area contributed by atoms with Crippen molar-refractivity contribution < 1.29 is 9.53 Å². The maximum atomic E-state index is 12.0. The Kier molecular flexibility index (Phi) is 6.98. The van der Waals surface area contributed by atoms with Crippen molar-refractivity contribution in [2.75, 3.05) is 11.9 Å². The van der Waals surface area contributed by atoms with E-state index in [9.17, 15) is 4.79 Å². The summed E-state index contributed by atoms with van der Waals surface area (Å²) in [7, 11) is 0. The highest BCUT2D eigenvalue weighted by Gasteiger charge is 2.17. The number of carbonyl (C=O) groups excluding carboxylic acids is 1. The summed E-state index contributed by atoms with van der Waals surface area (Å²) in [6.07, 6.45) is 0. The average molecular weight is 405 g/mol. The van der Waals surface area contributed by atoms with Crippen LogP contribution in [0, 0.1) is 6.92 Å². The molecular formula is C24H24N2O2S. The highest BCUT2D eigenvalue weighted by atomic mass is 32.1. The fraction of sp³-hybridized carbons (Fsp3) is 0.167. The van der Waals surface area contributed by atoms with E-state index in [2.05, 4.69) is 41.8 Å². The third kappa shape index (κ3) is 5.42. The standard InChI is InChI=1S/C24H24N2O2S/c1-3-28-23(27)19-13-9-14-20(16-19)25-24(29)26-22(18-11-5-4-6-12-18)21-15-8-7-10-17(21)2/h4-16,22H,3H2,1-2H3,(H2,25,26,29)/t22-/m0/s1. The lowest BCUT2D eigenvalue weighted by molar-refractivity contribution is 0.0526. The molecule has 3 aromatic carbocycles. The number of hydrogen-bond donors (Lipinski definition) is 2. The van der Waals surface area contributed by atoms with E-state index >= 15 is 0 Å². The fourth-order valence-electron chi connectivity index (χ4n) is 3.13. The molecule has 0 aromatic heterocycles. The van der Waals surface area contributed by atoms with E-state index in [0.29, 0.717) is 17.3 Å². The summed E-state index contributed by atoms with van der Waals surface area (Å²) in [6.45, 7) is 4.21. The van der Waals surface area contributed by atoms with Crippen LogP contribution in [0.4, 0.5) is 5.69 Å².